The smallest absolute Gasteiger partial charge is 0.387 e. The maximum Gasteiger partial charge on any atom is 0.387 e. The van der Waals surface area contributed by atoms with E-state index in [2.05, 4.69) is 9.72 Å². The molecule has 88 valence electrons. The Bertz CT molecular complexity index is 572. The molecule has 0 amide bonds. The van der Waals surface area contributed by atoms with Crippen LogP contribution < -0.4 is 4.74 Å². The van der Waals surface area contributed by atoms with Crippen LogP contribution in [0.3, 0.4) is 0 Å². The van der Waals surface area contributed by atoms with E-state index in [-0.39, 0.29) is 16.8 Å². The predicted octanol–water partition coefficient (Wildman–Crippen LogP) is 2.53. The van der Waals surface area contributed by atoms with Gasteiger partial charge in [-0.3, -0.25) is 4.98 Å². The number of para-hydroxylation sites is 1. The van der Waals surface area contributed by atoms with Crippen molar-refractivity contribution in [3.05, 3.63) is 36.0 Å². The van der Waals surface area contributed by atoms with Crippen molar-refractivity contribution in [2.75, 3.05) is 0 Å². The first kappa shape index (κ1) is 11.3. The van der Waals surface area contributed by atoms with Gasteiger partial charge in [0, 0.05) is 11.6 Å². The van der Waals surface area contributed by atoms with Gasteiger partial charge in [-0.25, -0.2) is 4.79 Å². The highest BCUT2D eigenvalue weighted by atomic mass is 19.3. The molecule has 0 aliphatic carbocycles. The van der Waals surface area contributed by atoms with Crippen molar-refractivity contribution in [2.45, 2.75) is 6.61 Å². The standard InChI is InChI=1S/C11H7F2NO3/c12-11(13)17-8-3-1-2-6-4-7(10(15)16)5-14-9(6)8/h1-5,11H,(H,15,16). The molecule has 17 heavy (non-hydrogen) atoms. The molecule has 2 aromatic rings. The number of rotatable bonds is 3. The maximum atomic E-state index is 12.1. The molecule has 0 bridgehead atoms. The van der Waals surface area contributed by atoms with Crippen molar-refractivity contribution in [2.24, 2.45) is 0 Å². The van der Waals surface area contributed by atoms with Gasteiger partial charge in [-0.15, -0.1) is 0 Å². The molecule has 0 aliphatic heterocycles. The molecular formula is C11H7F2NO3. The first-order valence-corrected chi connectivity index (χ1v) is 4.65. The minimum absolute atomic E-state index is 0.00769. The number of nitrogens with zero attached hydrogens (tertiary/aromatic N) is 1. The van der Waals surface area contributed by atoms with Crippen molar-refractivity contribution in [1.29, 1.82) is 0 Å². The van der Waals surface area contributed by atoms with Gasteiger partial charge in [-0.2, -0.15) is 8.78 Å². The lowest BCUT2D eigenvalue weighted by Gasteiger charge is -2.07. The number of hydrogen-bond donors (Lipinski definition) is 1. The number of carbonyl (C=O) groups is 1. The van der Waals surface area contributed by atoms with E-state index in [0.29, 0.717) is 5.39 Å². The molecule has 0 fully saturated rings. The SMILES string of the molecule is O=C(O)c1cnc2c(OC(F)F)cccc2c1. The average molecular weight is 239 g/mol. The highest BCUT2D eigenvalue weighted by molar-refractivity contribution is 5.93. The van der Waals surface area contributed by atoms with Crippen LogP contribution in [0.1, 0.15) is 10.4 Å². The monoisotopic (exact) mass is 239 g/mol. The zero-order valence-electron chi connectivity index (χ0n) is 8.43. The zero-order valence-corrected chi connectivity index (χ0v) is 8.43. The number of ether oxygens (including phenoxy) is 1. The van der Waals surface area contributed by atoms with Gasteiger partial charge < -0.3 is 9.84 Å². The topological polar surface area (TPSA) is 59.4 Å². The van der Waals surface area contributed by atoms with Gasteiger partial charge in [0.2, 0.25) is 0 Å². The summed E-state index contributed by atoms with van der Waals surface area (Å²) in [4.78, 5) is 14.5. The third-order valence-corrected chi connectivity index (χ3v) is 2.14. The summed E-state index contributed by atoms with van der Waals surface area (Å²) in [6.45, 7) is -2.94. The Balaban J connectivity index is 2.54. The van der Waals surface area contributed by atoms with Crippen LogP contribution in [0.2, 0.25) is 0 Å². The summed E-state index contributed by atoms with van der Waals surface area (Å²) in [6.07, 6.45) is 1.10. The number of alkyl halides is 2. The fraction of sp³-hybridized carbons (Fsp3) is 0.0909. The van der Waals surface area contributed by atoms with Crippen molar-refractivity contribution < 1.29 is 23.4 Å². The molecule has 1 heterocycles. The Hall–Kier alpha value is -2.24. The van der Waals surface area contributed by atoms with E-state index in [1.54, 1.807) is 6.07 Å². The van der Waals surface area contributed by atoms with Gasteiger partial charge >= 0.3 is 12.6 Å². The van der Waals surface area contributed by atoms with Crippen molar-refractivity contribution >= 4 is 16.9 Å². The zero-order chi connectivity index (χ0) is 12.4. The van der Waals surface area contributed by atoms with Crippen molar-refractivity contribution in [3.63, 3.8) is 0 Å². The van der Waals surface area contributed by atoms with E-state index in [1.807, 2.05) is 0 Å². The normalized spacial score (nSPS) is 10.8. The molecule has 1 N–H and O–H groups in total. The van der Waals surface area contributed by atoms with Gasteiger partial charge in [-0.05, 0) is 12.1 Å². The van der Waals surface area contributed by atoms with Crippen LogP contribution in [0, 0.1) is 0 Å². The van der Waals surface area contributed by atoms with E-state index in [4.69, 9.17) is 5.11 Å². The van der Waals surface area contributed by atoms with Crippen LogP contribution in [-0.4, -0.2) is 22.7 Å². The van der Waals surface area contributed by atoms with Gasteiger partial charge in [0.25, 0.3) is 0 Å². The molecule has 6 heteroatoms. The van der Waals surface area contributed by atoms with E-state index in [0.717, 1.165) is 6.20 Å². The third-order valence-electron chi connectivity index (χ3n) is 2.14. The molecule has 0 unspecified atom stereocenters. The summed E-state index contributed by atoms with van der Waals surface area (Å²) in [5.74, 6) is -1.20. The minimum atomic E-state index is -2.94. The second-order valence-corrected chi connectivity index (χ2v) is 3.24. The number of hydrogen-bond acceptors (Lipinski definition) is 3. The number of fused-ring (bicyclic) bond motifs is 1. The minimum Gasteiger partial charge on any atom is -0.478 e. The molecule has 2 rings (SSSR count). The second-order valence-electron chi connectivity index (χ2n) is 3.24. The Morgan fingerprint density at radius 1 is 1.41 bits per heavy atom. The van der Waals surface area contributed by atoms with Crippen molar-refractivity contribution in [3.8, 4) is 5.75 Å². The van der Waals surface area contributed by atoms with Crippen LogP contribution in [0.15, 0.2) is 30.5 Å². The first-order chi connectivity index (χ1) is 8.08. The molecule has 0 aliphatic rings. The lowest BCUT2D eigenvalue weighted by molar-refractivity contribution is -0.0489. The van der Waals surface area contributed by atoms with Gasteiger partial charge in [-0.1, -0.05) is 12.1 Å². The number of carboxylic acids is 1. The Morgan fingerprint density at radius 3 is 2.82 bits per heavy atom. The molecule has 0 atom stereocenters. The van der Waals surface area contributed by atoms with Gasteiger partial charge in [0.15, 0.2) is 5.75 Å². The molecule has 0 saturated heterocycles. The lowest BCUT2D eigenvalue weighted by atomic mass is 10.1. The second kappa shape index (κ2) is 4.32. The fourth-order valence-corrected chi connectivity index (χ4v) is 1.44. The third kappa shape index (κ3) is 2.30. The Labute approximate surface area is 94.5 Å². The van der Waals surface area contributed by atoms with E-state index in [1.165, 1.54) is 18.2 Å². The molecule has 0 saturated carbocycles. The summed E-state index contributed by atoms with van der Waals surface area (Å²) in [7, 11) is 0. The van der Waals surface area contributed by atoms with Gasteiger partial charge in [0.1, 0.15) is 5.52 Å². The number of aromatic carboxylic acids is 1. The highest BCUT2D eigenvalue weighted by Crippen LogP contribution is 2.25. The van der Waals surface area contributed by atoms with Gasteiger partial charge in [0.05, 0.1) is 5.56 Å². The predicted molar refractivity (Wildman–Crippen MR) is 55.3 cm³/mol. The summed E-state index contributed by atoms with van der Waals surface area (Å²) < 4.78 is 28.5. The molecular weight excluding hydrogens is 232 g/mol. The van der Waals surface area contributed by atoms with Crippen LogP contribution in [0.4, 0.5) is 8.78 Å². The summed E-state index contributed by atoms with van der Waals surface area (Å²) in [5, 5.41) is 9.20. The summed E-state index contributed by atoms with van der Waals surface area (Å²) in [6, 6.07) is 5.77. The first-order valence-electron chi connectivity index (χ1n) is 4.65. The van der Waals surface area contributed by atoms with Crippen LogP contribution >= 0.6 is 0 Å². The molecule has 4 nitrogen and oxygen atoms in total. The number of carboxylic acid groups (broad SMARTS) is 1. The quantitative estimate of drug-likeness (QED) is 0.894. The highest BCUT2D eigenvalue weighted by Gasteiger charge is 2.11. The largest absolute Gasteiger partial charge is 0.478 e. The Morgan fingerprint density at radius 2 is 2.18 bits per heavy atom. The molecule has 1 aromatic carbocycles. The lowest BCUT2D eigenvalue weighted by Crippen LogP contribution is -2.03. The molecule has 0 spiro atoms. The molecule has 0 radical (unpaired) electrons. The van der Waals surface area contributed by atoms with Crippen molar-refractivity contribution in [1.82, 2.24) is 4.98 Å². The fourth-order valence-electron chi connectivity index (χ4n) is 1.44. The number of benzene rings is 1. The number of halogens is 2. The van der Waals surface area contributed by atoms with Crippen LogP contribution in [0.5, 0.6) is 5.75 Å². The number of pyridine rings is 1. The van der Waals surface area contributed by atoms with E-state index in [9.17, 15) is 13.6 Å². The van der Waals surface area contributed by atoms with E-state index >= 15 is 0 Å². The molecule has 1 aromatic heterocycles. The number of aromatic nitrogens is 1. The summed E-state index contributed by atoms with van der Waals surface area (Å²) in [5.41, 5.74) is 0.199. The van der Waals surface area contributed by atoms with E-state index < -0.39 is 12.6 Å². The maximum absolute atomic E-state index is 12.1. The van der Waals surface area contributed by atoms with Crippen LogP contribution in [0.25, 0.3) is 10.9 Å². The Kier molecular flexibility index (Phi) is 2.86. The average Bonchev–Trinajstić information content (AvgIpc) is 2.28. The van der Waals surface area contributed by atoms with Crippen LogP contribution in [-0.2, 0) is 0 Å². The summed E-state index contributed by atoms with van der Waals surface area (Å²) >= 11 is 0.